The zero-order chi connectivity index (χ0) is 14.4. The molecule has 1 aromatic carbocycles. The van der Waals surface area contributed by atoms with Crippen LogP contribution in [0.5, 0.6) is 0 Å². The maximum Gasteiger partial charge on any atom is 0.313 e. The van der Waals surface area contributed by atoms with Gasteiger partial charge in [0.2, 0.25) is 0 Å². The molecule has 5 nitrogen and oxygen atoms in total. The fourth-order valence-electron chi connectivity index (χ4n) is 1.33. The highest BCUT2D eigenvalue weighted by molar-refractivity contribution is 9.10. The Hall–Kier alpha value is -1.47. The predicted molar refractivity (Wildman–Crippen MR) is 72.0 cm³/mol. The number of aliphatic hydroxyl groups is 1. The number of rotatable bonds is 4. The summed E-state index contributed by atoms with van der Waals surface area (Å²) < 4.78 is 14.0. The predicted octanol–water partition coefficient (Wildman–Crippen LogP) is 1.41. The molecule has 0 unspecified atom stereocenters. The van der Waals surface area contributed by atoms with E-state index in [1.165, 1.54) is 18.2 Å². The van der Waals surface area contributed by atoms with Gasteiger partial charge in [-0.05, 0) is 31.5 Å². The van der Waals surface area contributed by atoms with Gasteiger partial charge in [-0.3, -0.25) is 9.59 Å². The number of nitrogens with one attached hydrogen (secondary N) is 2. The Balaban J connectivity index is 2.64. The summed E-state index contributed by atoms with van der Waals surface area (Å²) in [5.41, 5.74) is -0.0793. The van der Waals surface area contributed by atoms with Crippen LogP contribution in [-0.2, 0) is 9.59 Å². The summed E-state index contributed by atoms with van der Waals surface area (Å²) in [5.74, 6) is -2.46. The Morgan fingerprint density at radius 3 is 2.74 bits per heavy atom. The Morgan fingerprint density at radius 2 is 2.11 bits per heavy atom. The van der Waals surface area contributed by atoms with Crippen molar-refractivity contribution < 1.29 is 19.1 Å². The van der Waals surface area contributed by atoms with Gasteiger partial charge in [0, 0.05) is 17.1 Å². The molecule has 0 radical (unpaired) electrons. The molecule has 3 N–H and O–H groups in total. The molecule has 0 saturated carbocycles. The minimum atomic E-state index is -0.957. The highest BCUT2D eigenvalue weighted by Crippen LogP contribution is 2.19. The van der Waals surface area contributed by atoms with Crippen LogP contribution in [-0.4, -0.2) is 29.6 Å². The fraction of sp³-hybridized carbons (Fsp3) is 0.333. The van der Waals surface area contributed by atoms with Crippen LogP contribution in [0.1, 0.15) is 13.3 Å². The van der Waals surface area contributed by atoms with Gasteiger partial charge in [-0.25, -0.2) is 4.39 Å². The first-order valence-electron chi connectivity index (χ1n) is 5.61. The van der Waals surface area contributed by atoms with Gasteiger partial charge >= 0.3 is 11.8 Å². The molecule has 1 atom stereocenters. The number of hydrogen-bond donors (Lipinski definition) is 3. The molecule has 7 heteroatoms. The van der Waals surface area contributed by atoms with Gasteiger partial charge in [0.1, 0.15) is 5.82 Å². The Bertz CT molecular complexity index is 482. The van der Waals surface area contributed by atoms with E-state index in [2.05, 4.69) is 26.6 Å². The molecule has 0 spiro atoms. The van der Waals surface area contributed by atoms with Crippen molar-refractivity contribution in [1.82, 2.24) is 5.32 Å². The largest absolute Gasteiger partial charge is 0.396 e. The van der Waals surface area contributed by atoms with Gasteiger partial charge < -0.3 is 15.7 Å². The van der Waals surface area contributed by atoms with Crippen molar-refractivity contribution >= 4 is 33.4 Å². The summed E-state index contributed by atoms with van der Waals surface area (Å²) in [6, 6.07) is 3.67. The van der Waals surface area contributed by atoms with Crippen LogP contribution in [0.2, 0.25) is 0 Å². The summed E-state index contributed by atoms with van der Waals surface area (Å²) in [6.07, 6.45) is 0.338. The van der Waals surface area contributed by atoms with Gasteiger partial charge in [-0.2, -0.15) is 0 Å². The molecule has 0 fully saturated rings. The first-order valence-corrected chi connectivity index (χ1v) is 6.41. The van der Waals surface area contributed by atoms with E-state index in [9.17, 15) is 14.0 Å². The number of hydrogen-bond acceptors (Lipinski definition) is 3. The van der Waals surface area contributed by atoms with Crippen molar-refractivity contribution in [2.24, 2.45) is 0 Å². The van der Waals surface area contributed by atoms with Gasteiger partial charge in [0.15, 0.2) is 0 Å². The molecule has 1 rings (SSSR count). The normalized spacial score (nSPS) is 11.8. The van der Waals surface area contributed by atoms with Crippen LogP contribution in [0, 0.1) is 5.82 Å². The molecule has 1 aromatic rings. The van der Waals surface area contributed by atoms with E-state index < -0.39 is 17.6 Å². The first kappa shape index (κ1) is 15.6. The minimum Gasteiger partial charge on any atom is -0.396 e. The van der Waals surface area contributed by atoms with Gasteiger partial charge in [-0.1, -0.05) is 15.9 Å². The number of benzene rings is 1. The van der Waals surface area contributed by atoms with Crippen LogP contribution in [0.25, 0.3) is 0 Å². The maximum absolute atomic E-state index is 13.4. The van der Waals surface area contributed by atoms with E-state index in [-0.39, 0.29) is 18.3 Å². The van der Waals surface area contributed by atoms with Gasteiger partial charge in [0.25, 0.3) is 0 Å². The number of anilines is 1. The van der Waals surface area contributed by atoms with Crippen LogP contribution < -0.4 is 10.6 Å². The second kappa shape index (κ2) is 7.20. The number of aliphatic hydroxyl groups excluding tert-OH is 1. The number of halogens is 2. The lowest BCUT2D eigenvalue weighted by Crippen LogP contribution is -2.41. The molecule has 19 heavy (non-hydrogen) atoms. The SMILES string of the molecule is C[C@H](CCO)NC(=O)C(=O)Nc1cc(Br)ccc1F. The molecule has 104 valence electrons. The Morgan fingerprint density at radius 1 is 1.42 bits per heavy atom. The monoisotopic (exact) mass is 332 g/mol. The highest BCUT2D eigenvalue weighted by Gasteiger charge is 2.17. The lowest BCUT2D eigenvalue weighted by Gasteiger charge is -2.12. The van der Waals surface area contributed by atoms with Crippen molar-refractivity contribution in [2.45, 2.75) is 19.4 Å². The van der Waals surface area contributed by atoms with Gasteiger partial charge in [-0.15, -0.1) is 0 Å². The average Bonchev–Trinajstić information content (AvgIpc) is 2.34. The number of carbonyl (C=O) groups excluding carboxylic acids is 2. The summed E-state index contributed by atoms with van der Waals surface area (Å²) in [7, 11) is 0. The van der Waals surface area contributed by atoms with Crippen molar-refractivity contribution in [2.75, 3.05) is 11.9 Å². The van der Waals surface area contributed by atoms with E-state index in [1.807, 2.05) is 0 Å². The van der Waals surface area contributed by atoms with E-state index in [4.69, 9.17) is 5.11 Å². The Labute approximate surface area is 118 Å². The zero-order valence-electron chi connectivity index (χ0n) is 10.2. The molecule has 0 aliphatic rings. The molecular formula is C12H14BrFN2O3. The first-order chi connectivity index (χ1) is 8.93. The number of amides is 2. The summed E-state index contributed by atoms with van der Waals surface area (Å²) in [5, 5.41) is 13.3. The summed E-state index contributed by atoms with van der Waals surface area (Å²) >= 11 is 3.14. The second-order valence-electron chi connectivity index (χ2n) is 3.97. The summed E-state index contributed by atoms with van der Waals surface area (Å²) in [4.78, 5) is 23.0. The third-order valence-electron chi connectivity index (χ3n) is 2.32. The zero-order valence-corrected chi connectivity index (χ0v) is 11.8. The quantitative estimate of drug-likeness (QED) is 0.729. The van der Waals surface area contributed by atoms with Crippen LogP contribution in [0.15, 0.2) is 22.7 Å². The fourth-order valence-corrected chi connectivity index (χ4v) is 1.69. The van der Waals surface area contributed by atoms with E-state index >= 15 is 0 Å². The van der Waals surface area contributed by atoms with Crippen molar-refractivity contribution in [3.63, 3.8) is 0 Å². The Kier molecular flexibility index (Phi) is 5.91. The molecule has 0 bridgehead atoms. The van der Waals surface area contributed by atoms with E-state index in [0.29, 0.717) is 10.9 Å². The standard InChI is InChI=1S/C12H14BrFN2O3/c1-7(4-5-17)15-11(18)12(19)16-10-6-8(13)2-3-9(10)14/h2-3,6-7,17H,4-5H2,1H3,(H,15,18)(H,16,19)/t7-/m1/s1. The molecule has 0 saturated heterocycles. The van der Waals surface area contributed by atoms with Crippen LogP contribution in [0.3, 0.4) is 0 Å². The molecular weight excluding hydrogens is 319 g/mol. The molecule has 2 amide bonds. The topological polar surface area (TPSA) is 78.4 Å². The number of carbonyl (C=O) groups is 2. The molecule has 0 heterocycles. The van der Waals surface area contributed by atoms with Crippen molar-refractivity contribution in [1.29, 1.82) is 0 Å². The lowest BCUT2D eigenvalue weighted by atomic mass is 10.2. The maximum atomic E-state index is 13.4. The summed E-state index contributed by atoms with van der Waals surface area (Å²) in [6.45, 7) is 1.56. The lowest BCUT2D eigenvalue weighted by molar-refractivity contribution is -0.136. The van der Waals surface area contributed by atoms with Crippen molar-refractivity contribution in [3.05, 3.63) is 28.5 Å². The third-order valence-corrected chi connectivity index (χ3v) is 2.82. The molecule has 0 aliphatic heterocycles. The van der Waals surface area contributed by atoms with Crippen molar-refractivity contribution in [3.8, 4) is 0 Å². The molecule has 0 aliphatic carbocycles. The smallest absolute Gasteiger partial charge is 0.313 e. The second-order valence-corrected chi connectivity index (χ2v) is 4.88. The van der Waals surface area contributed by atoms with Gasteiger partial charge in [0.05, 0.1) is 5.69 Å². The minimum absolute atomic E-state index is 0.0793. The van der Waals surface area contributed by atoms with E-state index in [0.717, 1.165) is 0 Å². The van der Waals surface area contributed by atoms with Crippen LogP contribution >= 0.6 is 15.9 Å². The van der Waals surface area contributed by atoms with Crippen LogP contribution in [0.4, 0.5) is 10.1 Å². The average molecular weight is 333 g/mol. The highest BCUT2D eigenvalue weighted by atomic mass is 79.9. The molecule has 0 aromatic heterocycles. The van der Waals surface area contributed by atoms with E-state index in [1.54, 1.807) is 6.92 Å². The third kappa shape index (κ3) is 4.96.